The molecule has 3 aromatic rings. The van der Waals surface area contributed by atoms with Crippen LogP contribution < -0.4 is 0 Å². The van der Waals surface area contributed by atoms with Crippen LogP contribution in [0.4, 0.5) is 0 Å². The Balaban J connectivity index is 2.02. The molecule has 0 radical (unpaired) electrons. The van der Waals surface area contributed by atoms with Gasteiger partial charge in [0.1, 0.15) is 5.01 Å². The largest absolute Gasteiger partial charge is 0.332 e. The first-order valence-electron chi connectivity index (χ1n) is 5.42. The van der Waals surface area contributed by atoms with Crippen LogP contribution in [0.2, 0.25) is 0 Å². The Bertz CT molecular complexity index is 687. The summed E-state index contributed by atoms with van der Waals surface area (Å²) in [5.74, 6) is 0. The number of aryl methyl sites for hydroxylation is 1. The van der Waals surface area contributed by atoms with Crippen molar-refractivity contribution < 1.29 is 0 Å². The van der Waals surface area contributed by atoms with E-state index < -0.39 is 0 Å². The van der Waals surface area contributed by atoms with Gasteiger partial charge in [-0.3, -0.25) is 0 Å². The van der Waals surface area contributed by atoms with Gasteiger partial charge in [-0.2, -0.15) is 0 Å². The molecule has 1 aromatic carbocycles. The van der Waals surface area contributed by atoms with Crippen LogP contribution in [0.5, 0.6) is 0 Å². The number of hydrogen-bond donors (Lipinski definition) is 0. The molecule has 3 nitrogen and oxygen atoms in total. The highest BCUT2D eigenvalue weighted by molar-refractivity contribution is 9.10. The van der Waals surface area contributed by atoms with Crippen molar-refractivity contribution in [2.24, 2.45) is 7.05 Å². The van der Waals surface area contributed by atoms with Gasteiger partial charge < -0.3 is 4.57 Å². The number of halogens is 1. The normalized spacial score (nSPS) is 10.8. The summed E-state index contributed by atoms with van der Waals surface area (Å²) >= 11 is 5.11. The molecular weight excluding hydrogens is 310 g/mol. The summed E-state index contributed by atoms with van der Waals surface area (Å²) in [5.41, 5.74) is 3.16. The third kappa shape index (κ3) is 2.11. The fourth-order valence-electron chi connectivity index (χ4n) is 1.74. The fraction of sp³-hybridized carbons (Fsp3) is 0.0769. The molecule has 90 valence electrons. The first-order valence-corrected chi connectivity index (χ1v) is 7.09. The quantitative estimate of drug-likeness (QED) is 0.715. The highest BCUT2D eigenvalue weighted by Crippen LogP contribution is 2.29. The molecule has 0 unspecified atom stereocenters. The standard InChI is InChI=1S/C13H10BrN3S/c1-17-8-15-6-12(17)13-16-11(7-18-13)9-3-2-4-10(14)5-9/h2-8H,1H3. The van der Waals surface area contributed by atoms with Gasteiger partial charge >= 0.3 is 0 Å². The van der Waals surface area contributed by atoms with Gasteiger partial charge in [0, 0.05) is 22.5 Å². The first-order chi connectivity index (χ1) is 8.74. The summed E-state index contributed by atoms with van der Waals surface area (Å²) < 4.78 is 3.04. The zero-order valence-corrected chi connectivity index (χ0v) is 12.1. The first kappa shape index (κ1) is 11.6. The van der Waals surface area contributed by atoms with E-state index in [1.54, 1.807) is 17.7 Å². The van der Waals surface area contributed by atoms with Gasteiger partial charge in [0.2, 0.25) is 0 Å². The number of benzene rings is 1. The van der Waals surface area contributed by atoms with Crippen LogP contribution in [0.15, 0.2) is 46.6 Å². The van der Waals surface area contributed by atoms with Gasteiger partial charge in [-0.05, 0) is 12.1 Å². The predicted molar refractivity (Wildman–Crippen MR) is 77.5 cm³/mol. The average molecular weight is 320 g/mol. The van der Waals surface area contributed by atoms with Crippen molar-refractivity contribution >= 4 is 27.3 Å². The van der Waals surface area contributed by atoms with Crippen molar-refractivity contribution in [3.8, 4) is 22.0 Å². The molecule has 0 spiro atoms. The van der Waals surface area contributed by atoms with E-state index in [0.29, 0.717) is 0 Å². The van der Waals surface area contributed by atoms with E-state index in [1.807, 2.05) is 29.9 Å². The number of imidazole rings is 1. The zero-order chi connectivity index (χ0) is 12.5. The molecule has 0 bridgehead atoms. The van der Waals surface area contributed by atoms with E-state index in [9.17, 15) is 0 Å². The Morgan fingerprint density at radius 1 is 1.33 bits per heavy atom. The van der Waals surface area contributed by atoms with Crippen molar-refractivity contribution in [3.05, 3.63) is 46.6 Å². The summed E-state index contributed by atoms with van der Waals surface area (Å²) in [6.45, 7) is 0. The average Bonchev–Trinajstić information content (AvgIpc) is 2.97. The molecule has 0 amide bonds. The highest BCUT2D eigenvalue weighted by Gasteiger charge is 2.09. The van der Waals surface area contributed by atoms with Crippen molar-refractivity contribution in [2.75, 3.05) is 0 Å². The maximum Gasteiger partial charge on any atom is 0.142 e. The zero-order valence-electron chi connectivity index (χ0n) is 9.67. The monoisotopic (exact) mass is 319 g/mol. The molecule has 2 heterocycles. The molecule has 0 fully saturated rings. The lowest BCUT2D eigenvalue weighted by Gasteiger charge is -1.98. The second-order valence-electron chi connectivity index (χ2n) is 3.94. The Labute approximate surface area is 117 Å². The number of hydrogen-bond acceptors (Lipinski definition) is 3. The van der Waals surface area contributed by atoms with E-state index in [0.717, 1.165) is 26.4 Å². The van der Waals surface area contributed by atoms with Crippen molar-refractivity contribution in [3.63, 3.8) is 0 Å². The Morgan fingerprint density at radius 2 is 2.22 bits per heavy atom. The SMILES string of the molecule is Cn1cncc1-c1nc(-c2cccc(Br)c2)cs1. The van der Waals surface area contributed by atoms with Crippen LogP contribution in [0.25, 0.3) is 22.0 Å². The minimum Gasteiger partial charge on any atom is -0.332 e. The Hall–Kier alpha value is -1.46. The third-order valence-corrected chi connectivity index (χ3v) is 4.02. The summed E-state index contributed by atoms with van der Waals surface area (Å²) in [6.07, 6.45) is 3.62. The molecule has 18 heavy (non-hydrogen) atoms. The van der Waals surface area contributed by atoms with Crippen LogP contribution in [-0.2, 0) is 7.05 Å². The van der Waals surface area contributed by atoms with Gasteiger partial charge in [0.15, 0.2) is 0 Å². The van der Waals surface area contributed by atoms with Gasteiger partial charge in [-0.15, -0.1) is 11.3 Å². The molecule has 0 saturated carbocycles. The minimum absolute atomic E-state index is 0.991. The lowest BCUT2D eigenvalue weighted by molar-refractivity contribution is 0.920. The maximum absolute atomic E-state index is 4.66. The number of nitrogens with zero attached hydrogens (tertiary/aromatic N) is 3. The second kappa shape index (κ2) is 4.66. The minimum atomic E-state index is 0.991. The topological polar surface area (TPSA) is 30.7 Å². The van der Waals surface area contributed by atoms with E-state index in [-0.39, 0.29) is 0 Å². The Morgan fingerprint density at radius 3 is 2.94 bits per heavy atom. The Kier molecular flexibility index (Phi) is 3.01. The van der Waals surface area contributed by atoms with Crippen molar-refractivity contribution in [1.29, 1.82) is 0 Å². The van der Waals surface area contributed by atoms with Crippen LogP contribution in [0.3, 0.4) is 0 Å². The molecule has 5 heteroatoms. The molecule has 0 aliphatic rings. The molecule has 3 rings (SSSR count). The van der Waals surface area contributed by atoms with Crippen LogP contribution in [0, 0.1) is 0 Å². The van der Waals surface area contributed by atoms with Crippen molar-refractivity contribution in [1.82, 2.24) is 14.5 Å². The van der Waals surface area contributed by atoms with Crippen LogP contribution >= 0.6 is 27.3 Å². The van der Waals surface area contributed by atoms with Crippen molar-refractivity contribution in [2.45, 2.75) is 0 Å². The molecular formula is C13H10BrN3S. The molecule has 0 N–H and O–H groups in total. The van der Waals surface area contributed by atoms with E-state index >= 15 is 0 Å². The highest BCUT2D eigenvalue weighted by atomic mass is 79.9. The van der Waals surface area contributed by atoms with E-state index in [2.05, 4.69) is 43.4 Å². The molecule has 0 aliphatic heterocycles. The lowest BCUT2D eigenvalue weighted by atomic mass is 10.2. The fourth-order valence-corrected chi connectivity index (χ4v) is 3.01. The molecule has 0 aliphatic carbocycles. The second-order valence-corrected chi connectivity index (χ2v) is 5.71. The molecule has 0 atom stereocenters. The van der Waals surface area contributed by atoms with Gasteiger partial charge in [0.05, 0.1) is 23.9 Å². The smallest absolute Gasteiger partial charge is 0.142 e. The predicted octanol–water partition coefficient (Wildman–Crippen LogP) is 3.97. The van der Waals surface area contributed by atoms with E-state index in [4.69, 9.17) is 0 Å². The maximum atomic E-state index is 4.66. The molecule has 0 saturated heterocycles. The lowest BCUT2D eigenvalue weighted by Crippen LogP contribution is -1.88. The molecule has 2 aromatic heterocycles. The summed E-state index contributed by atoms with van der Waals surface area (Å²) in [5, 5.41) is 3.06. The third-order valence-electron chi connectivity index (χ3n) is 2.66. The summed E-state index contributed by atoms with van der Waals surface area (Å²) in [4.78, 5) is 8.78. The van der Waals surface area contributed by atoms with Gasteiger partial charge in [-0.25, -0.2) is 9.97 Å². The summed E-state index contributed by atoms with van der Waals surface area (Å²) in [6, 6.07) is 8.16. The number of rotatable bonds is 2. The van der Waals surface area contributed by atoms with E-state index in [1.165, 1.54) is 0 Å². The number of aromatic nitrogens is 3. The van der Waals surface area contributed by atoms with Gasteiger partial charge in [0.25, 0.3) is 0 Å². The van der Waals surface area contributed by atoms with Crippen LogP contribution in [0.1, 0.15) is 0 Å². The summed E-state index contributed by atoms with van der Waals surface area (Å²) in [7, 11) is 1.97. The van der Waals surface area contributed by atoms with Crippen LogP contribution in [-0.4, -0.2) is 14.5 Å². The number of thiazole rings is 1. The van der Waals surface area contributed by atoms with Gasteiger partial charge in [-0.1, -0.05) is 28.1 Å².